The Morgan fingerprint density at radius 3 is 2.31 bits per heavy atom. The molecule has 1 aliphatic heterocycles. The van der Waals surface area contributed by atoms with Gasteiger partial charge in [-0.05, 0) is 37.5 Å². The van der Waals surface area contributed by atoms with Gasteiger partial charge >= 0.3 is 12.4 Å². The number of rotatable bonds is 4. The second kappa shape index (κ2) is 8.05. The highest BCUT2D eigenvalue weighted by molar-refractivity contribution is 6.04. The number of carbonyl (C=O) groups excluding carboxylic acids is 1. The lowest BCUT2D eigenvalue weighted by molar-refractivity contribution is -0.143. The van der Waals surface area contributed by atoms with Crippen molar-refractivity contribution >= 4 is 11.6 Å². The van der Waals surface area contributed by atoms with Crippen LogP contribution in [0.25, 0.3) is 0 Å². The lowest BCUT2D eigenvalue weighted by atomic mass is 10.0. The number of alkyl halides is 6. The van der Waals surface area contributed by atoms with Crippen LogP contribution in [0, 0.1) is 0 Å². The van der Waals surface area contributed by atoms with Crippen molar-refractivity contribution in [3.8, 4) is 0 Å². The summed E-state index contributed by atoms with van der Waals surface area (Å²) in [5.41, 5.74) is -3.71. The molecule has 1 N–H and O–H groups in total. The minimum absolute atomic E-state index is 0.0288. The van der Waals surface area contributed by atoms with Crippen LogP contribution in [0.15, 0.2) is 30.6 Å². The van der Waals surface area contributed by atoms with Gasteiger partial charge in [-0.1, -0.05) is 0 Å². The molecule has 0 saturated carbocycles. The minimum atomic E-state index is -5.03. The Morgan fingerprint density at radius 2 is 1.76 bits per heavy atom. The van der Waals surface area contributed by atoms with Gasteiger partial charge in [0.2, 0.25) is 0 Å². The first-order valence-electron chi connectivity index (χ1n) is 8.77. The normalized spacial score (nSPS) is 17.9. The molecule has 0 aliphatic carbocycles. The van der Waals surface area contributed by atoms with Gasteiger partial charge in [0.05, 0.1) is 35.7 Å². The number of anilines is 1. The van der Waals surface area contributed by atoms with Crippen molar-refractivity contribution in [3.05, 3.63) is 47.3 Å². The molecule has 1 unspecified atom stereocenters. The number of amides is 1. The molecule has 1 aromatic carbocycles. The largest absolute Gasteiger partial charge is 0.416 e. The number of halogens is 6. The molecule has 0 radical (unpaired) electrons. The number of nitrogens with zero attached hydrogens (tertiary/aromatic N) is 2. The first kappa shape index (κ1) is 21.2. The number of hydrogen-bond acceptors (Lipinski definition) is 3. The van der Waals surface area contributed by atoms with Crippen molar-refractivity contribution in [3.63, 3.8) is 0 Å². The first-order chi connectivity index (χ1) is 13.5. The molecular weight excluding hydrogens is 404 g/mol. The smallest absolute Gasteiger partial charge is 0.376 e. The number of hydrogen-bond donors (Lipinski definition) is 1. The van der Waals surface area contributed by atoms with E-state index >= 15 is 0 Å². The molecule has 29 heavy (non-hydrogen) atoms. The van der Waals surface area contributed by atoms with Gasteiger partial charge in [-0.15, -0.1) is 0 Å². The highest BCUT2D eigenvalue weighted by Gasteiger charge is 2.37. The Bertz CT molecular complexity index is 837. The van der Waals surface area contributed by atoms with E-state index in [1.165, 1.54) is 17.1 Å². The minimum Gasteiger partial charge on any atom is -0.376 e. The van der Waals surface area contributed by atoms with Crippen molar-refractivity contribution in [2.24, 2.45) is 0 Å². The Morgan fingerprint density at radius 1 is 1.10 bits per heavy atom. The molecule has 5 nitrogen and oxygen atoms in total. The van der Waals surface area contributed by atoms with Gasteiger partial charge in [-0.25, -0.2) is 0 Å². The fourth-order valence-corrected chi connectivity index (χ4v) is 2.98. The average Bonchev–Trinajstić information content (AvgIpc) is 3.07. The van der Waals surface area contributed by atoms with Crippen molar-refractivity contribution in [1.82, 2.24) is 9.78 Å². The van der Waals surface area contributed by atoms with E-state index in [9.17, 15) is 31.1 Å². The zero-order valence-electron chi connectivity index (χ0n) is 15.0. The van der Waals surface area contributed by atoms with Gasteiger partial charge in [-0.3, -0.25) is 9.48 Å². The van der Waals surface area contributed by atoms with Crippen LogP contribution in [-0.2, 0) is 23.6 Å². The summed E-state index contributed by atoms with van der Waals surface area (Å²) >= 11 is 0. The monoisotopic (exact) mass is 421 g/mol. The number of benzene rings is 1. The molecule has 1 atom stereocenters. The summed E-state index contributed by atoms with van der Waals surface area (Å²) in [6.07, 6.45) is -4.54. The summed E-state index contributed by atoms with van der Waals surface area (Å²) in [6.45, 7) is 1.07. The Balaban J connectivity index is 1.76. The van der Waals surface area contributed by atoms with E-state index in [0.717, 1.165) is 19.3 Å². The van der Waals surface area contributed by atoms with Gasteiger partial charge in [0.15, 0.2) is 0 Å². The molecule has 0 spiro atoms. The van der Waals surface area contributed by atoms with Crippen LogP contribution in [0.3, 0.4) is 0 Å². The lowest BCUT2D eigenvalue weighted by Gasteiger charge is -2.22. The lowest BCUT2D eigenvalue weighted by Crippen LogP contribution is -2.24. The third-order valence-electron chi connectivity index (χ3n) is 4.41. The predicted molar refractivity (Wildman–Crippen MR) is 90.2 cm³/mol. The van der Waals surface area contributed by atoms with Gasteiger partial charge in [0, 0.05) is 18.4 Å². The third kappa shape index (κ3) is 5.49. The van der Waals surface area contributed by atoms with E-state index in [0.29, 0.717) is 25.3 Å². The molecule has 158 valence electrons. The number of aromatic nitrogens is 2. The second-order valence-electron chi connectivity index (χ2n) is 6.69. The molecule has 0 bridgehead atoms. The van der Waals surface area contributed by atoms with Crippen LogP contribution in [0.2, 0.25) is 0 Å². The summed E-state index contributed by atoms with van der Waals surface area (Å²) in [5, 5.41) is 6.31. The molecule has 1 fully saturated rings. The molecule has 1 amide bonds. The molecule has 11 heteroatoms. The predicted octanol–water partition coefficient (Wildman–Crippen LogP) is 4.74. The number of nitrogens with one attached hydrogen (secondary N) is 1. The SMILES string of the molecule is O=C(Nc1cnn(CC2CCCCO2)c1)c1cc(C(F)(F)F)cc(C(F)(F)F)c1. The van der Waals surface area contributed by atoms with Crippen molar-refractivity contribution in [2.75, 3.05) is 11.9 Å². The highest BCUT2D eigenvalue weighted by atomic mass is 19.4. The zero-order valence-corrected chi connectivity index (χ0v) is 15.0. The average molecular weight is 421 g/mol. The summed E-state index contributed by atoms with van der Waals surface area (Å²) in [5.74, 6) is -1.10. The second-order valence-corrected chi connectivity index (χ2v) is 6.69. The molecular formula is C18H17F6N3O2. The standard InChI is InChI=1S/C18H17F6N3O2/c19-17(20,21)12-5-11(6-13(7-12)18(22,23)24)16(28)26-14-8-25-27(9-14)10-15-3-1-2-4-29-15/h5-9,15H,1-4,10H2,(H,26,28). The van der Waals surface area contributed by atoms with E-state index in [4.69, 9.17) is 4.74 Å². The van der Waals surface area contributed by atoms with Crippen LogP contribution >= 0.6 is 0 Å². The van der Waals surface area contributed by atoms with Gasteiger partial charge in [0.25, 0.3) is 5.91 Å². The fourth-order valence-electron chi connectivity index (χ4n) is 2.98. The highest BCUT2D eigenvalue weighted by Crippen LogP contribution is 2.36. The van der Waals surface area contributed by atoms with Crippen LogP contribution < -0.4 is 5.32 Å². The van der Waals surface area contributed by atoms with Gasteiger partial charge in [0.1, 0.15) is 0 Å². The molecule has 1 aliphatic rings. The van der Waals surface area contributed by atoms with Crippen LogP contribution in [0.5, 0.6) is 0 Å². The summed E-state index contributed by atoms with van der Waals surface area (Å²) < 4.78 is 84.6. The summed E-state index contributed by atoms with van der Waals surface area (Å²) in [6, 6.07) is 0.731. The zero-order chi connectivity index (χ0) is 21.2. The van der Waals surface area contributed by atoms with Crippen molar-refractivity contribution < 1.29 is 35.9 Å². The molecule has 2 heterocycles. The van der Waals surface area contributed by atoms with Gasteiger partial charge in [-0.2, -0.15) is 31.4 Å². The topological polar surface area (TPSA) is 56.2 Å². The molecule has 2 aromatic rings. The van der Waals surface area contributed by atoms with Crippen LogP contribution in [0.1, 0.15) is 40.7 Å². The summed E-state index contributed by atoms with van der Waals surface area (Å²) in [7, 11) is 0. The van der Waals surface area contributed by atoms with Crippen LogP contribution in [-0.4, -0.2) is 28.4 Å². The van der Waals surface area contributed by atoms with Crippen molar-refractivity contribution in [2.45, 2.75) is 44.3 Å². The first-order valence-corrected chi connectivity index (χ1v) is 8.77. The maximum atomic E-state index is 12.9. The molecule has 1 aromatic heterocycles. The van der Waals surface area contributed by atoms with E-state index < -0.39 is 35.0 Å². The van der Waals surface area contributed by atoms with E-state index in [1.54, 1.807) is 0 Å². The third-order valence-corrected chi connectivity index (χ3v) is 4.41. The van der Waals surface area contributed by atoms with E-state index in [2.05, 4.69) is 10.4 Å². The van der Waals surface area contributed by atoms with Crippen LogP contribution in [0.4, 0.5) is 32.0 Å². The maximum absolute atomic E-state index is 12.9. The molecule has 1 saturated heterocycles. The van der Waals surface area contributed by atoms with E-state index in [-0.39, 0.29) is 17.9 Å². The number of ether oxygens (including phenoxy) is 1. The van der Waals surface area contributed by atoms with E-state index in [1.807, 2.05) is 0 Å². The quantitative estimate of drug-likeness (QED) is 0.726. The maximum Gasteiger partial charge on any atom is 0.416 e. The summed E-state index contributed by atoms with van der Waals surface area (Å²) in [4.78, 5) is 12.3. The number of carbonyl (C=O) groups is 1. The Hall–Kier alpha value is -2.56. The molecule has 3 rings (SSSR count). The Labute approximate surface area is 161 Å². The Kier molecular flexibility index (Phi) is 5.87. The fraction of sp³-hybridized carbons (Fsp3) is 0.444. The van der Waals surface area contributed by atoms with Crippen molar-refractivity contribution in [1.29, 1.82) is 0 Å². The van der Waals surface area contributed by atoms with Gasteiger partial charge < -0.3 is 10.1 Å².